The molecule has 0 saturated carbocycles. The molecule has 6 heteroatoms. The molecule has 2 atom stereocenters. The first-order valence-electron chi connectivity index (χ1n) is 7.00. The maximum atomic E-state index is 12.0. The van der Waals surface area contributed by atoms with E-state index in [4.69, 9.17) is 5.11 Å². The first-order chi connectivity index (χ1) is 10.1. The third-order valence-electron chi connectivity index (χ3n) is 4.19. The molecule has 3 rings (SSSR count). The Balaban J connectivity index is 1.86. The highest BCUT2D eigenvalue weighted by Gasteiger charge is 2.35. The van der Waals surface area contributed by atoms with Gasteiger partial charge in [-0.1, -0.05) is 6.07 Å². The summed E-state index contributed by atoms with van der Waals surface area (Å²) in [5, 5.41) is 9.16. The smallest absolute Gasteiger partial charge is 0.308 e. The van der Waals surface area contributed by atoms with Crippen molar-refractivity contribution < 1.29 is 9.90 Å². The molecule has 0 radical (unpaired) electrons. The van der Waals surface area contributed by atoms with Crippen LogP contribution in [-0.4, -0.2) is 37.9 Å². The lowest BCUT2D eigenvalue weighted by Gasteiger charge is -2.22. The summed E-state index contributed by atoms with van der Waals surface area (Å²) in [7, 11) is 0. The van der Waals surface area contributed by atoms with E-state index in [2.05, 4.69) is 9.88 Å². The predicted molar refractivity (Wildman–Crippen MR) is 77.1 cm³/mol. The summed E-state index contributed by atoms with van der Waals surface area (Å²) in [5.41, 5.74) is 1.18. The minimum atomic E-state index is -0.753. The molecule has 1 aliphatic heterocycles. The Morgan fingerprint density at radius 3 is 3.00 bits per heavy atom. The lowest BCUT2D eigenvalue weighted by Crippen LogP contribution is -2.33. The summed E-state index contributed by atoms with van der Waals surface area (Å²) in [6, 6.07) is 6.89. The van der Waals surface area contributed by atoms with Crippen molar-refractivity contribution in [2.45, 2.75) is 25.9 Å². The zero-order chi connectivity index (χ0) is 15.0. The number of rotatable bonds is 3. The molecule has 0 aliphatic carbocycles. The van der Waals surface area contributed by atoms with Crippen LogP contribution in [0.4, 0.5) is 0 Å². The third kappa shape index (κ3) is 2.54. The maximum Gasteiger partial charge on any atom is 0.308 e. The van der Waals surface area contributed by atoms with E-state index >= 15 is 0 Å². The largest absolute Gasteiger partial charge is 0.481 e. The van der Waals surface area contributed by atoms with Gasteiger partial charge in [-0.2, -0.15) is 0 Å². The molecule has 1 fully saturated rings. The standard InChI is InChI=1S/C15H17N3O3/c1-10-12(15(20)21)5-7-17(10)9-11-8-14(19)18-6-3-2-4-13(18)16-11/h2-4,6,8,10,12H,5,7,9H2,1H3,(H,20,21). The number of fused-ring (bicyclic) bond motifs is 1. The Hall–Kier alpha value is -2.21. The van der Waals surface area contributed by atoms with E-state index in [1.807, 2.05) is 13.0 Å². The number of aromatic nitrogens is 2. The molecule has 2 unspecified atom stereocenters. The van der Waals surface area contributed by atoms with Crippen LogP contribution < -0.4 is 5.56 Å². The number of nitrogens with zero attached hydrogens (tertiary/aromatic N) is 3. The molecular formula is C15H17N3O3. The van der Waals surface area contributed by atoms with Gasteiger partial charge < -0.3 is 5.11 Å². The highest BCUT2D eigenvalue weighted by Crippen LogP contribution is 2.25. The summed E-state index contributed by atoms with van der Waals surface area (Å²) in [6.45, 7) is 3.14. The van der Waals surface area contributed by atoms with Gasteiger partial charge in [0.2, 0.25) is 0 Å². The van der Waals surface area contributed by atoms with Crippen molar-refractivity contribution in [2.24, 2.45) is 5.92 Å². The van der Waals surface area contributed by atoms with Crippen molar-refractivity contribution in [1.82, 2.24) is 14.3 Å². The van der Waals surface area contributed by atoms with E-state index in [9.17, 15) is 9.59 Å². The van der Waals surface area contributed by atoms with Crippen LogP contribution in [0.15, 0.2) is 35.3 Å². The second-order valence-corrected chi connectivity index (χ2v) is 5.46. The van der Waals surface area contributed by atoms with Gasteiger partial charge in [0.25, 0.3) is 5.56 Å². The lowest BCUT2D eigenvalue weighted by atomic mass is 10.0. The monoisotopic (exact) mass is 287 g/mol. The molecular weight excluding hydrogens is 270 g/mol. The number of carboxylic acids is 1. The third-order valence-corrected chi connectivity index (χ3v) is 4.19. The van der Waals surface area contributed by atoms with Crippen LogP contribution in [0.5, 0.6) is 0 Å². The SMILES string of the molecule is CC1C(C(=O)O)CCN1Cc1cc(=O)n2ccccc2n1. The summed E-state index contributed by atoms with van der Waals surface area (Å²) in [6.07, 6.45) is 2.33. The van der Waals surface area contributed by atoms with Crippen molar-refractivity contribution in [3.05, 3.63) is 46.5 Å². The molecule has 6 nitrogen and oxygen atoms in total. The van der Waals surface area contributed by atoms with Gasteiger partial charge in [0.15, 0.2) is 0 Å². The van der Waals surface area contributed by atoms with Crippen LogP contribution >= 0.6 is 0 Å². The fraction of sp³-hybridized carbons (Fsp3) is 0.400. The molecule has 0 spiro atoms. The summed E-state index contributed by atoms with van der Waals surface area (Å²) < 4.78 is 1.50. The van der Waals surface area contributed by atoms with Crippen molar-refractivity contribution in [3.63, 3.8) is 0 Å². The normalized spacial score (nSPS) is 22.7. The topological polar surface area (TPSA) is 74.9 Å². The fourth-order valence-corrected chi connectivity index (χ4v) is 2.95. The van der Waals surface area contributed by atoms with E-state index < -0.39 is 5.97 Å². The van der Waals surface area contributed by atoms with Gasteiger partial charge in [0.05, 0.1) is 11.6 Å². The average Bonchev–Trinajstić information content (AvgIpc) is 2.80. The Bertz CT molecular complexity index is 740. The highest BCUT2D eigenvalue weighted by atomic mass is 16.4. The quantitative estimate of drug-likeness (QED) is 0.911. The van der Waals surface area contributed by atoms with Gasteiger partial charge in [0, 0.05) is 24.8 Å². The molecule has 1 aliphatic rings. The minimum Gasteiger partial charge on any atom is -0.481 e. The van der Waals surface area contributed by atoms with Crippen LogP contribution in [0.2, 0.25) is 0 Å². The zero-order valence-electron chi connectivity index (χ0n) is 11.8. The first-order valence-corrected chi connectivity index (χ1v) is 7.00. The number of hydrogen-bond acceptors (Lipinski definition) is 4. The van der Waals surface area contributed by atoms with Crippen LogP contribution in [0.1, 0.15) is 19.0 Å². The van der Waals surface area contributed by atoms with Crippen molar-refractivity contribution >= 4 is 11.6 Å². The fourth-order valence-electron chi connectivity index (χ4n) is 2.95. The molecule has 1 N–H and O–H groups in total. The minimum absolute atomic E-state index is 0.0430. The van der Waals surface area contributed by atoms with E-state index in [0.717, 1.165) is 0 Å². The number of pyridine rings is 1. The Labute approximate surface area is 121 Å². The number of likely N-dealkylation sites (tertiary alicyclic amines) is 1. The number of hydrogen-bond donors (Lipinski definition) is 1. The van der Waals surface area contributed by atoms with Gasteiger partial charge in [-0.3, -0.25) is 18.9 Å². The van der Waals surface area contributed by atoms with E-state index in [0.29, 0.717) is 30.9 Å². The second-order valence-electron chi connectivity index (χ2n) is 5.46. The Morgan fingerprint density at radius 1 is 1.48 bits per heavy atom. The highest BCUT2D eigenvalue weighted by molar-refractivity contribution is 5.71. The van der Waals surface area contributed by atoms with Crippen molar-refractivity contribution in [1.29, 1.82) is 0 Å². The summed E-state index contributed by atoms with van der Waals surface area (Å²) in [4.78, 5) is 29.7. The molecule has 21 heavy (non-hydrogen) atoms. The molecule has 0 aromatic carbocycles. The number of carboxylic acid groups (broad SMARTS) is 1. The van der Waals surface area contributed by atoms with E-state index in [1.54, 1.807) is 18.3 Å². The molecule has 0 amide bonds. The molecule has 1 saturated heterocycles. The average molecular weight is 287 g/mol. The Kier molecular flexibility index (Phi) is 3.47. The van der Waals surface area contributed by atoms with Gasteiger partial charge in [-0.05, 0) is 32.0 Å². The first kappa shape index (κ1) is 13.8. The van der Waals surface area contributed by atoms with Gasteiger partial charge >= 0.3 is 5.97 Å². The summed E-state index contributed by atoms with van der Waals surface area (Å²) >= 11 is 0. The molecule has 3 heterocycles. The number of carbonyl (C=O) groups is 1. The molecule has 110 valence electrons. The lowest BCUT2D eigenvalue weighted by molar-refractivity contribution is -0.142. The van der Waals surface area contributed by atoms with Crippen LogP contribution in [-0.2, 0) is 11.3 Å². The molecule has 2 aromatic rings. The second kappa shape index (κ2) is 5.29. The predicted octanol–water partition coefficient (Wildman–Crippen LogP) is 0.989. The van der Waals surface area contributed by atoms with Gasteiger partial charge in [0.1, 0.15) is 5.65 Å². The zero-order valence-corrected chi connectivity index (χ0v) is 11.8. The van der Waals surface area contributed by atoms with Crippen LogP contribution in [0.3, 0.4) is 0 Å². The van der Waals surface area contributed by atoms with Crippen LogP contribution in [0, 0.1) is 5.92 Å². The van der Waals surface area contributed by atoms with Crippen molar-refractivity contribution in [2.75, 3.05) is 6.54 Å². The van der Waals surface area contributed by atoms with Gasteiger partial charge in [-0.25, -0.2) is 4.98 Å². The van der Waals surface area contributed by atoms with Crippen LogP contribution in [0.25, 0.3) is 5.65 Å². The number of aliphatic carboxylic acids is 1. The molecule has 2 aromatic heterocycles. The molecule has 0 bridgehead atoms. The van der Waals surface area contributed by atoms with Gasteiger partial charge in [-0.15, -0.1) is 0 Å². The van der Waals surface area contributed by atoms with Crippen molar-refractivity contribution in [3.8, 4) is 0 Å². The maximum absolute atomic E-state index is 12.0. The summed E-state index contributed by atoms with van der Waals surface area (Å²) in [5.74, 6) is -1.09. The van der Waals surface area contributed by atoms with E-state index in [-0.39, 0.29) is 17.5 Å². The van der Waals surface area contributed by atoms with E-state index in [1.165, 1.54) is 10.5 Å². The Morgan fingerprint density at radius 2 is 2.29 bits per heavy atom.